The number of aliphatic hydroxyl groups is 1. The average Bonchev–Trinajstić information content (AvgIpc) is 2.10. The number of hydrogen-bond acceptors (Lipinski definition) is 4. The molecule has 16 heteroatoms. The van der Waals surface area contributed by atoms with Crippen LogP contribution in [-0.4, -0.2) is 47.6 Å². The normalized spacial score (nSPS) is 18.5. The molecule has 0 heterocycles. The number of alkyl halides is 10. The van der Waals surface area contributed by atoms with Gasteiger partial charge >= 0.3 is 39.6 Å². The predicted molar refractivity (Wildman–Crippen MR) is 39.6 cm³/mol. The third-order valence-corrected chi connectivity index (χ3v) is 2.57. The lowest BCUT2D eigenvalue weighted by Gasteiger charge is -2.35. The first-order chi connectivity index (χ1) is 8.71. The van der Waals surface area contributed by atoms with E-state index >= 15 is 0 Å². The first-order valence-electron chi connectivity index (χ1n) is 3.99. The summed E-state index contributed by atoms with van der Waals surface area (Å²) in [7, 11) is -7.19. The van der Waals surface area contributed by atoms with Crippen LogP contribution in [-0.2, 0) is 14.9 Å². The van der Waals surface area contributed by atoms with E-state index in [4.69, 9.17) is 9.66 Å². The molecule has 5 nitrogen and oxygen atoms in total. The molecule has 2 N–H and O–H groups in total. The highest BCUT2D eigenvalue weighted by molar-refractivity contribution is 7.86. The van der Waals surface area contributed by atoms with E-state index in [1.807, 2.05) is 0 Å². The average molecular weight is 364 g/mol. The zero-order valence-electron chi connectivity index (χ0n) is 8.81. The summed E-state index contributed by atoms with van der Waals surface area (Å²) in [6, 6.07) is 0. The lowest BCUT2D eigenvalue weighted by molar-refractivity contribution is -0.507. The fraction of sp³-hybridized carbons (Fsp3) is 1.00. The molecular weight excluding hydrogens is 362 g/mol. The molecule has 0 aromatic carbocycles. The Balaban J connectivity index is 6.01. The molecule has 1 atom stereocenters. The van der Waals surface area contributed by atoms with Gasteiger partial charge in [0.05, 0.1) is 0 Å². The summed E-state index contributed by atoms with van der Waals surface area (Å²) in [4.78, 5) is 0. The van der Waals surface area contributed by atoms with E-state index < -0.39 is 39.6 Å². The Kier molecular flexibility index (Phi) is 4.62. The minimum atomic E-state index is -7.19. The van der Waals surface area contributed by atoms with Crippen molar-refractivity contribution in [3.63, 3.8) is 0 Å². The van der Waals surface area contributed by atoms with Crippen molar-refractivity contribution >= 4 is 10.1 Å². The van der Waals surface area contributed by atoms with E-state index in [2.05, 4.69) is 0 Å². The van der Waals surface area contributed by atoms with Gasteiger partial charge in [-0.05, 0) is 0 Å². The fourth-order valence-electron chi connectivity index (χ4n) is 0.676. The summed E-state index contributed by atoms with van der Waals surface area (Å²) < 4.78 is 151. The summed E-state index contributed by atoms with van der Waals surface area (Å²) in [5, 5.41) is 0.624. The number of hydrogen-bond donors (Lipinski definition) is 2. The second kappa shape index (κ2) is 4.82. The minimum Gasteiger partial charge on any atom is -0.331 e. The molecule has 0 amide bonds. The van der Waals surface area contributed by atoms with Crippen LogP contribution in [0.1, 0.15) is 0 Å². The summed E-state index contributed by atoms with van der Waals surface area (Å²) in [5.74, 6) is -7.10. The van der Waals surface area contributed by atoms with Crippen molar-refractivity contribution in [2.45, 2.75) is 29.5 Å². The quantitative estimate of drug-likeness (QED) is 0.575. The first-order valence-corrected chi connectivity index (χ1v) is 5.43. The third kappa shape index (κ3) is 3.32. The van der Waals surface area contributed by atoms with E-state index in [-0.39, 0.29) is 0 Å². The third-order valence-electron chi connectivity index (χ3n) is 1.68. The van der Waals surface area contributed by atoms with Crippen molar-refractivity contribution < 1.29 is 66.7 Å². The van der Waals surface area contributed by atoms with Crippen LogP contribution in [0.15, 0.2) is 0 Å². The summed E-state index contributed by atoms with van der Waals surface area (Å²) in [6.07, 6.45) is -21.1. The smallest absolute Gasteiger partial charge is 0.331 e. The predicted octanol–water partition coefficient (Wildman–Crippen LogP) is 1.89. The second-order valence-corrected chi connectivity index (χ2v) is 4.71. The number of halogens is 10. The molecule has 0 fully saturated rings. The molecule has 21 heavy (non-hydrogen) atoms. The van der Waals surface area contributed by atoms with Crippen molar-refractivity contribution in [1.29, 1.82) is 0 Å². The van der Waals surface area contributed by atoms with E-state index in [0.717, 1.165) is 0 Å². The van der Waals surface area contributed by atoms with Gasteiger partial charge in [-0.2, -0.15) is 52.3 Å². The molecule has 0 aliphatic heterocycles. The Morgan fingerprint density at radius 2 is 1.14 bits per heavy atom. The largest absolute Gasteiger partial charge is 0.460 e. The molecule has 0 rings (SSSR count). The van der Waals surface area contributed by atoms with Gasteiger partial charge in [0, 0.05) is 0 Å². The Bertz CT molecular complexity index is 475. The molecule has 0 saturated carbocycles. The van der Waals surface area contributed by atoms with Gasteiger partial charge < -0.3 is 5.11 Å². The van der Waals surface area contributed by atoms with Crippen molar-refractivity contribution in [2.75, 3.05) is 0 Å². The molecule has 0 spiro atoms. The highest BCUT2D eigenvalue weighted by atomic mass is 32.2. The number of rotatable bonds is 5. The zero-order valence-corrected chi connectivity index (χ0v) is 9.62. The highest BCUT2D eigenvalue weighted by Gasteiger charge is 2.80. The van der Waals surface area contributed by atoms with Gasteiger partial charge in [0.2, 0.25) is 0 Å². The number of ether oxygens (including phenoxy) is 1. The van der Waals surface area contributed by atoms with Crippen LogP contribution in [0.4, 0.5) is 43.9 Å². The van der Waals surface area contributed by atoms with Gasteiger partial charge in [0.25, 0.3) is 0 Å². The Morgan fingerprint density at radius 3 is 1.33 bits per heavy atom. The van der Waals surface area contributed by atoms with Gasteiger partial charge in [-0.3, -0.25) is 9.29 Å². The van der Waals surface area contributed by atoms with Crippen LogP contribution in [0.25, 0.3) is 0 Å². The van der Waals surface area contributed by atoms with Crippen LogP contribution >= 0.6 is 0 Å². The standard InChI is InChI=1S/C5H2F10O5S/c6-1(2(7,8)9,3(10,11)16)20-4(12,13)5(14,15)21(17,18)19/h16H,(H,17,18,19). The maximum Gasteiger partial charge on any atom is 0.460 e. The fourth-order valence-corrected chi connectivity index (χ4v) is 1.02. The molecule has 0 aliphatic rings. The molecule has 0 aliphatic carbocycles. The molecule has 0 bridgehead atoms. The monoisotopic (exact) mass is 364 g/mol. The van der Waals surface area contributed by atoms with Gasteiger partial charge in [-0.15, -0.1) is 0 Å². The van der Waals surface area contributed by atoms with Gasteiger partial charge in [-0.25, -0.2) is 0 Å². The van der Waals surface area contributed by atoms with Crippen LogP contribution in [0.5, 0.6) is 0 Å². The molecule has 0 radical (unpaired) electrons. The van der Waals surface area contributed by atoms with E-state index in [1.165, 1.54) is 4.74 Å². The molecule has 0 aromatic heterocycles. The molecule has 0 aromatic rings. The van der Waals surface area contributed by atoms with Crippen LogP contribution in [0.3, 0.4) is 0 Å². The molecule has 1 unspecified atom stereocenters. The summed E-state index contributed by atoms with van der Waals surface area (Å²) in [6.45, 7) is 0. The summed E-state index contributed by atoms with van der Waals surface area (Å²) >= 11 is 0. The lowest BCUT2D eigenvalue weighted by Crippen LogP contribution is -2.63. The Hall–Kier alpha value is -0.870. The van der Waals surface area contributed by atoms with Crippen LogP contribution < -0.4 is 0 Å². The van der Waals surface area contributed by atoms with Gasteiger partial charge in [0.1, 0.15) is 0 Å². The minimum absolute atomic E-state index is 1.53. The Morgan fingerprint density at radius 1 is 0.810 bits per heavy atom. The van der Waals surface area contributed by atoms with Crippen LogP contribution in [0, 0.1) is 0 Å². The molecular formula is C5H2F10O5S. The molecule has 128 valence electrons. The van der Waals surface area contributed by atoms with Crippen molar-refractivity contribution in [3.8, 4) is 0 Å². The van der Waals surface area contributed by atoms with E-state index in [9.17, 15) is 52.3 Å². The van der Waals surface area contributed by atoms with Crippen molar-refractivity contribution in [2.24, 2.45) is 0 Å². The lowest BCUT2D eigenvalue weighted by atomic mass is 10.2. The highest BCUT2D eigenvalue weighted by Crippen LogP contribution is 2.51. The second-order valence-electron chi connectivity index (χ2n) is 3.24. The van der Waals surface area contributed by atoms with Crippen molar-refractivity contribution in [3.05, 3.63) is 0 Å². The maximum absolute atomic E-state index is 12.8. The summed E-state index contributed by atoms with van der Waals surface area (Å²) in [5.41, 5.74) is 0. The van der Waals surface area contributed by atoms with Crippen LogP contribution in [0.2, 0.25) is 0 Å². The van der Waals surface area contributed by atoms with E-state index in [0.29, 0.717) is 0 Å². The molecule has 0 saturated heterocycles. The van der Waals surface area contributed by atoms with Gasteiger partial charge in [-0.1, -0.05) is 0 Å². The zero-order chi connectivity index (χ0) is 17.7. The van der Waals surface area contributed by atoms with Gasteiger partial charge in [0.15, 0.2) is 0 Å². The maximum atomic E-state index is 12.8. The van der Waals surface area contributed by atoms with E-state index in [1.54, 1.807) is 0 Å². The Labute approximate surface area is 107 Å². The first kappa shape index (κ1) is 20.1. The van der Waals surface area contributed by atoms with Crippen molar-refractivity contribution in [1.82, 2.24) is 0 Å². The SMILES string of the molecule is O=S(=O)(O)C(F)(F)C(F)(F)OC(F)(C(O)(F)F)C(F)(F)F. The topological polar surface area (TPSA) is 83.8 Å².